The minimum absolute atomic E-state index is 0.0119. The van der Waals surface area contributed by atoms with Gasteiger partial charge in [0.1, 0.15) is 6.26 Å². The number of carbonyl (C=O) groups is 3. The topological polar surface area (TPSA) is 110 Å². The normalized spacial score (nSPS) is 18.2. The number of esters is 1. The zero-order valence-corrected chi connectivity index (χ0v) is 8.32. The van der Waals surface area contributed by atoms with Crippen LogP contribution in [0.5, 0.6) is 0 Å². The monoisotopic (exact) mass is 230 g/mol. The highest BCUT2D eigenvalue weighted by molar-refractivity contribution is 5.85. The zero-order chi connectivity index (χ0) is 12.6. The van der Waals surface area contributed by atoms with Crippen molar-refractivity contribution in [3.63, 3.8) is 0 Å². The lowest BCUT2D eigenvalue weighted by atomic mass is 10.4. The van der Waals surface area contributed by atoms with Crippen LogP contribution in [0.15, 0.2) is 24.0 Å². The molecule has 0 aromatic rings. The van der Waals surface area contributed by atoms with Gasteiger partial charge >= 0.3 is 11.9 Å². The molecular formula is C9H10O7. The van der Waals surface area contributed by atoms with Crippen molar-refractivity contribution in [2.75, 3.05) is 0 Å². The van der Waals surface area contributed by atoms with Gasteiger partial charge in [-0.25, -0.2) is 9.59 Å². The van der Waals surface area contributed by atoms with Gasteiger partial charge in [0.2, 0.25) is 6.29 Å². The van der Waals surface area contributed by atoms with Crippen LogP contribution in [-0.4, -0.2) is 34.9 Å². The average Bonchev–Trinajstić information content (AvgIpc) is 2.59. The first kappa shape index (κ1) is 13.8. The van der Waals surface area contributed by atoms with Crippen LogP contribution in [-0.2, 0) is 23.9 Å². The predicted octanol–water partition coefficient (Wildman–Crippen LogP) is -0.434. The van der Waals surface area contributed by atoms with E-state index in [2.05, 4.69) is 9.47 Å². The second kappa shape index (κ2) is 7.18. The van der Waals surface area contributed by atoms with Crippen LogP contribution >= 0.6 is 0 Å². The van der Waals surface area contributed by atoms with Gasteiger partial charge in [-0.05, 0) is 13.0 Å². The Kier molecular flexibility index (Phi) is 6.22. The quantitative estimate of drug-likeness (QED) is 0.293. The van der Waals surface area contributed by atoms with Crippen LogP contribution < -0.4 is 0 Å². The number of ether oxygens (including phenoxy) is 2. The van der Waals surface area contributed by atoms with Gasteiger partial charge in [-0.15, -0.1) is 0 Å². The fourth-order valence-electron chi connectivity index (χ4n) is 0.539. The molecule has 0 spiro atoms. The number of hydrogen-bond donors (Lipinski definition) is 2. The summed E-state index contributed by atoms with van der Waals surface area (Å²) in [5.41, 5.74) is -0.0119. The average molecular weight is 230 g/mol. The summed E-state index contributed by atoms with van der Waals surface area (Å²) >= 11 is 0. The van der Waals surface area contributed by atoms with Crippen LogP contribution in [0.25, 0.3) is 0 Å². The van der Waals surface area contributed by atoms with E-state index in [1.807, 2.05) is 0 Å². The molecule has 0 bridgehead atoms. The van der Waals surface area contributed by atoms with Gasteiger partial charge in [0, 0.05) is 6.08 Å². The second-order valence-electron chi connectivity index (χ2n) is 2.52. The molecule has 0 aliphatic carbocycles. The molecule has 7 heteroatoms. The molecule has 0 aromatic heterocycles. The van der Waals surface area contributed by atoms with E-state index in [0.717, 1.165) is 6.26 Å². The highest BCUT2D eigenvalue weighted by Gasteiger charge is 2.10. The first-order chi connectivity index (χ1) is 7.47. The summed E-state index contributed by atoms with van der Waals surface area (Å²) in [5, 5.41) is 16.5. The van der Waals surface area contributed by atoms with Crippen molar-refractivity contribution in [2.24, 2.45) is 0 Å². The van der Waals surface area contributed by atoms with Gasteiger partial charge in [0.25, 0.3) is 6.47 Å². The first-order valence-electron chi connectivity index (χ1n) is 4.03. The number of cyclic esters (lactones) is 1. The molecular weight excluding hydrogens is 220 g/mol. The summed E-state index contributed by atoms with van der Waals surface area (Å²) in [7, 11) is 0. The van der Waals surface area contributed by atoms with Crippen LogP contribution in [0.1, 0.15) is 6.92 Å². The molecule has 2 N–H and O–H groups in total. The number of carboxylic acids is 1. The van der Waals surface area contributed by atoms with Gasteiger partial charge < -0.3 is 19.7 Å². The van der Waals surface area contributed by atoms with E-state index in [4.69, 9.17) is 10.2 Å². The van der Waals surface area contributed by atoms with Crippen LogP contribution in [0.4, 0.5) is 0 Å². The Hall–Kier alpha value is -2.15. The van der Waals surface area contributed by atoms with E-state index in [1.54, 1.807) is 0 Å². The van der Waals surface area contributed by atoms with Crippen molar-refractivity contribution in [1.29, 1.82) is 0 Å². The van der Waals surface area contributed by atoms with Crippen molar-refractivity contribution < 1.29 is 34.1 Å². The lowest BCUT2D eigenvalue weighted by molar-refractivity contribution is -0.150. The van der Waals surface area contributed by atoms with Crippen molar-refractivity contribution in [2.45, 2.75) is 13.2 Å². The molecule has 0 saturated heterocycles. The van der Waals surface area contributed by atoms with Crippen LogP contribution in [0.2, 0.25) is 0 Å². The van der Waals surface area contributed by atoms with E-state index in [9.17, 15) is 14.4 Å². The SMILES string of the molecule is CC(=COC=O)C(=O)O.O=C1C=CC(O)O1. The molecule has 1 aliphatic heterocycles. The molecule has 1 aliphatic rings. The van der Waals surface area contributed by atoms with Crippen molar-refractivity contribution >= 4 is 18.4 Å². The molecule has 1 atom stereocenters. The first-order valence-corrected chi connectivity index (χ1v) is 4.03. The summed E-state index contributed by atoms with van der Waals surface area (Å²) in [6.07, 6.45) is 2.33. The van der Waals surface area contributed by atoms with E-state index in [-0.39, 0.29) is 12.0 Å². The van der Waals surface area contributed by atoms with Gasteiger partial charge in [-0.1, -0.05) is 0 Å². The lowest BCUT2D eigenvalue weighted by Crippen LogP contribution is -2.04. The number of aliphatic hydroxyl groups is 1. The maximum Gasteiger partial charge on any atom is 0.334 e. The third kappa shape index (κ3) is 6.33. The Balaban J connectivity index is 0.000000288. The van der Waals surface area contributed by atoms with Gasteiger partial charge in [-0.3, -0.25) is 4.79 Å². The van der Waals surface area contributed by atoms with Crippen LogP contribution in [0, 0.1) is 0 Å². The molecule has 88 valence electrons. The van der Waals surface area contributed by atoms with E-state index in [1.165, 1.54) is 19.1 Å². The minimum Gasteiger partial charge on any atom is -0.478 e. The third-order valence-corrected chi connectivity index (χ3v) is 1.27. The molecule has 0 amide bonds. The summed E-state index contributed by atoms with van der Waals surface area (Å²) < 4.78 is 8.20. The summed E-state index contributed by atoms with van der Waals surface area (Å²) in [5.74, 6) is -1.58. The Labute approximate surface area is 90.6 Å². The lowest BCUT2D eigenvalue weighted by Gasteiger charge is -1.94. The standard InChI is InChI=1S/C5H6O4.C4H4O3/c1-4(5(7)8)2-9-3-6;5-3-1-2-4(6)7-3/h2-3H,1H3,(H,7,8);1-3,5H. The van der Waals surface area contributed by atoms with E-state index in [0.29, 0.717) is 0 Å². The molecule has 7 nitrogen and oxygen atoms in total. The van der Waals surface area contributed by atoms with Crippen molar-refractivity contribution in [3.05, 3.63) is 24.0 Å². The summed E-state index contributed by atoms with van der Waals surface area (Å²) in [4.78, 5) is 29.4. The highest BCUT2D eigenvalue weighted by Crippen LogP contribution is 1.98. The largest absolute Gasteiger partial charge is 0.478 e. The number of aliphatic carboxylic acids is 1. The highest BCUT2D eigenvalue weighted by atomic mass is 16.6. The summed E-state index contributed by atoms with van der Waals surface area (Å²) in [6, 6.07) is 0. The minimum atomic E-state index is -1.10. The number of aliphatic hydroxyl groups excluding tert-OH is 1. The Morgan fingerprint density at radius 3 is 2.50 bits per heavy atom. The maximum atomic E-state index is 9.98. The number of carbonyl (C=O) groups excluding carboxylic acids is 2. The molecule has 0 radical (unpaired) electrons. The molecule has 1 rings (SSSR count). The smallest absolute Gasteiger partial charge is 0.334 e. The zero-order valence-electron chi connectivity index (χ0n) is 8.32. The number of carboxylic acid groups (broad SMARTS) is 1. The number of hydrogen-bond acceptors (Lipinski definition) is 6. The Morgan fingerprint density at radius 1 is 1.62 bits per heavy atom. The predicted molar refractivity (Wildman–Crippen MR) is 49.8 cm³/mol. The van der Waals surface area contributed by atoms with E-state index >= 15 is 0 Å². The fraction of sp³-hybridized carbons (Fsp3) is 0.222. The van der Waals surface area contributed by atoms with Crippen molar-refractivity contribution in [1.82, 2.24) is 0 Å². The fourth-order valence-corrected chi connectivity index (χ4v) is 0.539. The second-order valence-corrected chi connectivity index (χ2v) is 2.52. The van der Waals surface area contributed by atoms with Gasteiger partial charge in [-0.2, -0.15) is 0 Å². The van der Waals surface area contributed by atoms with Gasteiger partial charge in [0.15, 0.2) is 0 Å². The molecule has 16 heavy (non-hydrogen) atoms. The molecule has 0 saturated carbocycles. The van der Waals surface area contributed by atoms with Gasteiger partial charge in [0.05, 0.1) is 5.57 Å². The Morgan fingerprint density at radius 2 is 2.25 bits per heavy atom. The Bertz CT molecular complexity index is 329. The number of rotatable bonds is 3. The maximum absolute atomic E-state index is 9.98. The van der Waals surface area contributed by atoms with Crippen LogP contribution in [0.3, 0.4) is 0 Å². The van der Waals surface area contributed by atoms with E-state index < -0.39 is 18.2 Å². The molecule has 0 aromatic carbocycles. The third-order valence-electron chi connectivity index (χ3n) is 1.27. The summed E-state index contributed by atoms with van der Waals surface area (Å²) in [6.45, 7) is 1.48. The van der Waals surface area contributed by atoms with Crippen molar-refractivity contribution in [3.8, 4) is 0 Å². The molecule has 1 unspecified atom stereocenters. The molecule has 0 fully saturated rings. The molecule has 1 heterocycles.